The number of benzene rings is 2. The number of halogens is 1. The first-order valence-corrected chi connectivity index (χ1v) is 6.40. The summed E-state index contributed by atoms with van der Waals surface area (Å²) in [6.07, 6.45) is 0. The van der Waals surface area contributed by atoms with Crippen LogP contribution in [0.15, 0.2) is 36.4 Å². The minimum Gasteiger partial charge on any atom is -0.495 e. The van der Waals surface area contributed by atoms with Gasteiger partial charge in [-0.15, -0.1) is 0 Å². The van der Waals surface area contributed by atoms with Crippen LogP contribution in [0.25, 0.3) is 0 Å². The summed E-state index contributed by atoms with van der Waals surface area (Å²) in [6, 6.07) is 10.4. The van der Waals surface area contributed by atoms with Crippen LogP contribution in [-0.4, -0.2) is 13.0 Å². The van der Waals surface area contributed by atoms with Gasteiger partial charge in [0.1, 0.15) is 5.75 Å². The van der Waals surface area contributed by atoms with Crippen molar-refractivity contribution in [2.75, 3.05) is 18.2 Å². The van der Waals surface area contributed by atoms with E-state index in [9.17, 15) is 4.79 Å². The van der Waals surface area contributed by atoms with Crippen molar-refractivity contribution in [2.45, 2.75) is 6.92 Å². The molecule has 0 heterocycles. The highest BCUT2D eigenvalue weighted by Crippen LogP contribution is 2.32. The van der Waals surface area contributed by atoms with Gasteiger partial charge in [-0.25, -0.2) is 0 Å². The summed E-state index contributed by atoms with van der Waals surface area (Å²) in [5.41, 5.74) is 8.27. The summed E-state index contributed by atoms with van der Waals surface area (Å²) < 4.78 is 5.11. The van der Waals surface area contributed by atoms with Crippen LogP contribution in [-0.2, 0) is 0 Å². The number of methoxy groups -OCH3 is 1. The van der Waals surface area contributed by atoms with E-state index in [-0.39, 0.29) is 5.91 Å². The van der Waals surface area contributed by atoms with Crippen LogP contribution in [0.4, 0.5) is 11.4 Å². The first-order valence-electron chi connectivity index (χ1n) is 6.02. The van der Waals surface area contributed by atoms with E-state index >= 15 is 0 Å². The molecule has 0 atom stereocenters. The highest BCUT2D eigenvalue weighted by atomic mass is 35.5. The largest absolute Gasteiger partial charge is 0.495 e. The molecule has 0 saturated heterocycles. The zero-order valence-corrected chi connectivity index (χ0v) is 12.0. The number of carbonyl (C=O) groups is 1. The third kappa shape index (κ3) is 3.03. The number of anilines is 2. The second kappa shape index (κ2) is 5.84. The maximum Gasteiger partial charge on any atom is 0.255 e. The van der Waals surface area contributed by atoms with Crippen LogP contribution in [0.2, 0.25) is 5.02 Å². The van der Waals surface area contributed by atoms with E-state index in [4.69, 9.17) is 22.1 Å². The van der Waals surface area contributed by atoms with Crippen LogP contribution < -0.4 is 15.8 Å². The lowest BCUT2D eigenvalue weighted by atomic mass is 10.1. The Labute approximate surface area is 122 Å². The number of hydrogen-bond donors (Lipinski definition) is 2. The van der Waals surface area contributed by atoms with Gasteiger partial charge in [-0.2, -0.15) is 0 Å². The number of nitrogen functional groups attached to an aromatic ring is 1. The predicted octanol–water partition coefficient (Wildman–Crippen LogP) is 3.49. The normalized spacial score (nSPS) is 10.2. The molecular formula is C15H15ClN2O2. The zero-order valence-electron chi connectivity index (χ0n) is 11.2. The summed E-state index contributed by atoms with van der Waals surface area (Å²) in [5.74, 6) is 0.229. The Morgan fingerprint density at radius 2 is 1.90 bits per heavy atom. The first kappa shape index (κ1) is 14.2. The number of amides is 1. The van der Waals surface area contributed by atoms with Crippen LogP contribution >= 0.6 is 11.6 Å². The van der Waals surface area contributed by atoms with Crippen molar-refractivity contribution in [2.24, 2.45) is 0 Å². The van der Waals surface area contributed by atoms with Crippen molar-refractivity contribution in [3.8, 4) is 5.75 Å². The smallest absolute Gasteiger partial charge is 0.255 e. The maximum absolute atomic E-state index is 12.1. The molecule has 0 aliphatic heterocycles. The monoisotopic (exact) mass is 290 g/mol. The molecule has 0 radical (unpaired) electrons. The number of carbonyl (C=O) groups excluding carboxylic acids is 1. The third-order valence-electron chi connectivity index (χ3n) is 2.88. The van der Waals surface area contributed by atoms with Crippen LogP contribution in [0.3, 0.4) is 0 Å². The quantitative estimate of drug-likeness (QED) is 0.851. The molecule has 0 fully saturated rings. The minimum absolute atomic E-state index is 0.237. The number of nitrogens with one attached hydrogen (secondary N) is 1. The number of hydrogen-bond acceptors (Lipinski definition) is 3. The van der Waals surface area contributed by atoms with E-state index in [1.165, 1.54) is 7.11 Å². The summed E-state index contributed by atoms with van der Waals surface area (Å²) in [5, 5.41) is 3.11. The summed E-state index contributed by atoms with van der Waals surface area (Å²) in [7, 11) is 1.51. The molecule has 0 spiro atoms. The van der Waals surface area contributed by atoms with Gasteiger partial charge in [-0.3, -0.25) is 4.79 Å². The lowest BCUT2D eigenvalue weighted by Gasteiger charge is -2.11. The molecule has 20 heavy (non-hydrogen) atoms. The fourth-order valence-corrected chi connectivity index (χ4v) is 1.96. The van der Waals surface area contributed by atoms with Crippen molar-refractivity contribution in [1.29, 1.82) is 0 Å². The highest BCUT2D eigenvalue weighted by molar-refractivity contribution is 6.34. The van der Waals surface area contributed by atoms with Crippen molar-refractivity contribution < 1.29 is 9.53 Å². The fourth-order valence-electron chi connectivity index (χ4n) is 1.74. The van der Waals surface area contributed by atoms with Gasteiger partial charge in [0.15, 0.2) is 0 Å². The summed E-state index contributed by atoms with van der Waals surface area (Å²) in [4.78, 5) is 12.1. The molecule has 0 unspecified atom stereocenters. The minimum atomic E-state index is -0.237. The van der Waals surface area contributed by atoms with Crippen LogP contribution in [0, 0.1) is 6.92 Å². The molecule has 2 rings (SSSR count). The van der Waals surface area contributed by atoms with Gasteiger partial charge in [0.25, 0.3) is 5.91 Å². The SMILES string of the molecule is COc1cc(NC(=O)c2ccc(C)cc2)c(Cl)cc1N. The van der Waals surface area contributed by atoms with Gasteiger partial charge >= 0.3 is 0 Å². The van der Waals surface area contributed by atoms with Crippen molar-refractivity contribution in [3.05, 3.63) is 52.5 Å². The number of ether oxygens (including phenoxy) is 1. The van der Waals surface area contributed by atoms with Crippen molar-refractivity contribution in [3.63, 3.8) is 0 Å². The molecule has 0 saturated carbocycles. The van der Waals surface area contributed by atoms with Gasteiger partial charge in [0.05, 0.1) is 23.5 Å². The second-order valence-corrected chi connectivity index (χ2v) is 4.80. The lowest BCUT2D eigenvalue weighted by Crippen LogP contribution is -2.12. The molecule has 4 nitrogen and oxygen atoms in total. The van der Waals surface area contributed by atoms with E-state index in [1.807, 2.05) is 19.1 Å². The van der Waals surface area contributed by atoms with Crippen LogP contribution in [0.5, 0.6) is 5.75 Å². The average molecular weight is 291 g/mol. The number of aryl methyl sites for hydroxylation is 1. The zero-order chi connectivity index (χ0) is 14.7. The summed E-state index contributed by atoms with van der Waals surface area (Å²) >= 11 is 6.06. The fraction of sp³-hybridized carbons (Fsp3) is 0.133. The average Bonchev–Trinajstić information content (AvgIpc) is 2.42. The van der Waals surface area contributed by atoms with Crippen molar-refractivity contribution >= 4 is 28.9 Å². The number of nitrogens with two attached hydrogens (primary N) is 1. The Kier molecular flexibility index (Phi) is 4.15. The molecule has 0 bridgehead atoms. The van der Waals surface area contributed by atoms with Gasteiger partial charge in [-0.05, 0) is 25.1 Å². The Bertz CT molecular complexity index is 639. The van der Waals surface area contributed by atoms with E-state index in [1.54, 1.807) is 24.3 Å². The van der Waals surface area contributed by atoms with E-state index in [2.05, 4.69) is 5.32 Å². The standard InChI is InChI=1S/C15H15ClN2O2/c1-9-3-5-10(6-4-9)15(19)18-13-8-14(20-2)12(17)7-11(13)16/h3-8H,17H2,1-2H3,(H,18,19). The molecule has 0 aliphatic carbocycles. The molecule has 3 N–H and O–H groups in total. The van der Waals surface area contributed by atoms with Gasteiger partial charge < -0.3 is 15.8 Å². The Hall–Kier alpha value is -2.20. The Balaban J connectivity index is 2.25. The van der Waals surface area contributed by atoms with E-state index < -0.39 is 0 Å². The Morgan fingerprint density at radius 3 is 2.50 bits per heavy atom. The molecule has 0 aromatic heterocycles. The predicted molar refractivity (Wildman–Crippen MR) is 81.5 cm³/mol. The van der Waals surface area contributed by atoms with Gasteiger partial charge in [-0.1, -0.05) is 29.3 Å². The first-order chi connectivity index (χ1) is 9.51. The molecule has 2 aromatic carbocycles. The van der Waals surface area contributed by atoms with E-state index in [0.29, 0.717) is 27.7 Å². The molecule has 5 heteroatoms. The molecule has 0 aliphatic rings. The Morgan fingerprint density at radius 1 is 1.25 bits per heavy atom. The molecular weight excluding hydrogens is 276 g/mol. The number of rotatable bonds is 3. The van der Waals surface area contributed by atoms with Gasteiger partial charge in [0.2, 0.25) is 0 Å². The molecule has 104 valence electrons. The molecule has 2 aromatic rings. The third-order valence-corrected chi connectivity index (χ3v) is 3.19. The second-order valence-electron chi connectivity index (χ2n) is 4.39. The highest BCUT2D eigenvalue weighted by Gasteiger charge is 2.11. The summed E-state index contributed by atoms with van der Waals surface area (Å²) in [6.45, 7) is 1.96. The lowest BCUT2D eigenvalue weighted by molar-refractivity contribution is 0.102. The van der Waals surface area contributed by atoms with Gasteiger partial charge in [0, 0.05) is 11.6 Å². The topological polar surface area (TPSA) is 64.3 Å². The van der Waals surface area contributed by atoms with Crippen LogP contribution in [0.1, 0.15) is 15.9 Å². The van der Waals surface area contributed by atoms with E-state index in [0.717, 1.165) is 5.56 Å². The maximum atomic E-state index is 12.1. The molecule has 1 amide bonds. The van der Waals surface area contributed by atoms with Crippen molar-refractivity contribution in [1.82, 2.24) is 0 Å².